The fourth-order valence-corrected chi connectivity index (χ4v) is 5.06. The number of fused-ring (bicyclic) bond motifs is 2. The average molecular weight is 477 g/mol. The van der Waals surface area contributed by atoms with Gasteiger partial charge in [-0.1, -0.05) is 0 Å². The van der Waals surface area contributed by atoms with Gasteiger partial charge in [-0.2, -0.15) is 0 Å². The molecule has 1 fully saturated rings. The highest BCUT2D eigenvalue weighted by Gasteiger charge is 2.22. The van der Waals surface area contributed by atoms with Crippen molar-refractivity contribution in [2.75, 3.05) is 25.6 Å². The van der Waals surface area contributed by atoms with Crippen LogP contribution in [0, 0.1) is 5.92 Å². The summed E-state index contributed by atoms with van der Waals surface area (Å²) >= 11 is 5.05. The summed E-state index contributed by atoms with van der Waals surface area (Å²) < 4.78 is 13.9. The molecule has 0 spiro atoms. The number of halogens is 1. The lowest BCUT2D eigenvalue weighted by molar-refractivity contribution is 0.174. The van der Waals surface area contributed by atoms with Crippen LogP contribution in [0.1, 0.15) is 19.3 Å². The number of piperidine rings is 1. The van der Waals surface area contributed by atoms with Gasteiger partial charge in [-0.05, 0) is 78.1 Å². The first-order valence-corrected chi connectivity index (χ1v) is 11.2. The van der Waals surface area contributed by atoms with Crippen LogP contribution in [0.2, 0.25) is 0 Å². The van der Waals surface area contributed by atoms with Gasteiger partial charge < -0.3 is 25.1 Å². The highest BCUT2D eigenvalue weighted by atomic mass is 79.9. The first-order chi connectivity index (χ1) is 14.2. The van der Waals surface area contributed by atoms with E-state index in [0.717, 1.165) is 58.7 Å². The largest absolute Gasteiger partial charge is 0.454 e. The second-order valence-electron chi connectivity index (χ2n) is 7.22. The van der Waals surface area contributed by atoms with E-state index in [1.165, 1.54) is 24.6 Å². The van der Waals surface area contributed by atoms with E-state index in [2.05, 4.69) is 35.8 Å². The number of aryl methyl sites for hydroxylation is 1. The van der Waals surface area contributed by atoms with E-state index in [9.17, 15) is 0 Å². The molecule has 0 radical (unpaired) electrons. The number of rotatable bonds is 5. The number of hydrogen-bond donors (Lipinski definition) is 2. The van der Waals surface area contributed by atoms with E-state index in [-0.39, 0.29) is 6.79 Å². The Morgan fingerprint density at radius 1 is 1.21 bits per heavy atom. The van der Waals surface area contributed by atoms with Crippen molar-refractivity contribution in [2.24, 2.45) is 5.92 Å². The normalized spacial score (nSPS) is 16.6. The van der Waals surface area contributed by atoms with Gasteiger partial charge in [0, 0.05) is 15.9 Å². The van der Waals surface area contributed by atoms with Gasteiger partial charge in [-0.3, -0.25) is 0 Å². The number of hydrogen-bond acceptors (Lipinski definition) is 8. The number of nitrogens with one attached hydrogen (secondary N) is 1. The van der Waals surface area contributed by atoms with Crippen molar-refractivity contribution in [2.45, 2.75) is 35.9 Å². The van der Waals surface area contributed by atoms with Gasteiger partial charge in [0.25, 0.3) is 0 Å². The molecule has 0 unspecified atom stereocenters. The summed E-state index contributed by atoms with van der Waals surface area (Å²) in [6.07, 6.45) is 5.32. The minimum atomic E-state index is 0.242. The van der Waals surface area contributed by atoms with Crippen molar-refractivity contribution < 1.29 is 9.47 Å². The van der Waals surface area contributed by atoms with Crippen LogP contribution in [-0.2, 0) is 6.54 Å². The molecule has 8 nitrogen and oxygen atoms in total. The zero-order chi connectivity index (χ0) is 19.8. The summed E-state index contributed by atoms with van der Waals surface area (Å²) in [5.74, 6) is 3.38. The SMILES string of the molecule is Nc1ncn(CCC2CCNCC2)c2nc(Sc3cc4c(cc3Br)OCO4)nc1-2. The number of nitrogen functional groups attached to an aromatic ring is 1. The number of nitrogens with zero attached hydrogens (tertiary/aromatic N) is 4. The van der Waals surface area contributed by atoms with E-state index in [1.807, 2.05) is 12.1 Å². The number of anilines is 1. The Labute approximate surface area is 181 Å². The number of aromatic nitrogens is 4. The molecule has 0 amide bonds. The molecule has 4 heterocycles. The third kappa shape index (κ3) is 3.88. The highest BCUT2D eigenvalue weighted by molar-refractivity contribution is 9.10. The minimum Gasteiger partial charge on any atom is -0.454 e. The molecule has 4 aliphatic heterocycles. The molecule has 5 rings (SSSR count). The number of ether oxygens (including phenoxy) is 2. The maximum absolute atomic E-state index is 6.08. The predicted molar refractivity (Wildman–Crippen MR) is 113 cm³/mol. The predicted octanol–water partition coefficient (Wildman–Crippen LogP) is 3.39. The van der Waals surface area contributed by atoms with E-state index in [1.54, 1.807) is 6.33 Å². The van der Waals surface area contributed by atoms with Crippen LogP contribution in [0.4, 0.5) is 5.82 Å². The fraction of sp³-hybridized carbons (Fsp3) is 0.421. The molecule has 0 atom stereocenters. The van der Waals surface area contributed by atoms with Gasteiger partial charge in [0.1, 0.15) is 0 Å². The molecule has 0 aromatic heterocycles. The number of imidazole rings is 1. The summed E-state index contributed by atoms with van der Waals surface area (Å²) in [6, 6.07) is 3.84. The third-order valence-corrected chi connectivity index (χ3v) is 7.18. The number of benzene rings is 1. The Morgan fingerprint density at radius 2 is 2.00 bits per heavy atom. The van der Waals surface area contributed by atoms with Crippen molar-refractivity contribution >= 4 is 33.5 Å². The van der Waals surface area contributed by atoms with Gasteiger partial charge in [0.05, 0.1) is 6.33 Å². The van der Waals surface area contributed by atoms with E-state index >= 15 is 0 Å². The quantitative estimate of drug-likeness (QED) is 0.577. The smallest absolute Gasteiger partial charge is 0.231 e. The second kappa shape index (κ2) is 8.00. The van der Waals surface area contributed by atoms with Crippen molar-refractivity contribution in [3.63, 3.8) is 0 Å². The standard InChI is InChI=1S/C19H21BrN6O2S/c20-12-7-13-14(28-10-27-13)8-15(12)29-19-24-16-17(21)23-9-26(18(16)25-19)6-3-11-1-4-22-5-2-11/h7-9,11,22H,1-6,10,21H2. The van der Waals surface area contributed by atoms with Crippen molar-refractivity contribution in [1.29, 1.82) is 0 Å². The topological polar surface area (TPSA) is 100 Å². The summed E-state index contributed by atoms with van der Waals surface area (Å²) in [7, 11) is 0. The van der Waals surface area contributed by atoms with Gasteiger partial charge in [0.2, 0.25) is 6.79 Å². The Morgan fingerprint density at radius 3 is 2.83 bits per heavy atom. The summed E-state index contributed by atoms with van der Waals surface area (Å²) in [5.41, 5.74) is 6.73. The Kier molecular flexibility index (Phi) is 5.23. The van der Waals surface area contributed by atoms with E-state index in [0.29, 0.717) is 16.7 Å². The Bertz CT molecular complexity index is 1010. The molecule has 3 N–H and O–H groups in total. The molecule has 1 aromatic carbocycles. The third-order valence-electron chi connectivity index (χ3n) is 5.34. The molecule has 152 valence electrons. The van der Waals surface area contributed by atoms with E-state index in [4.69, 9.17) is 20.2 Å². The summed E-state index contributed by atoms with van der Waals surface area (Å²) in [6.45, 7) is 3.31. The lowest BCUT2D eigenvalue weighted by atomic mass is 9.95. The molecule has 1 saturated heterocycles. The van der Waals surface area contributed by atoms with Gasteiger partial charge in [0.15, 0.2) is 34.0 Å². The van der Waals surface area contributed by atoms with Crippen LogP contribution in [0.5, 0.6) is 11.5 Å². The van der Waals surface area contributed by atoms with Crippen molar-refractivity contribution in [1.82, 2.24) is 24.8 Å². The van der Waals surface area contributed by atoms with Gasteiger partial charge >= 0.3 is 0 Å². The second-order valence-corrected chi connectivity index (χ2v) is 9.09. The first kappa shape index (κ1) is 19.0. The maximum Gasteiger partial charge on any atom is 0.231 e. The van der Waals surface area contributed by atoms with Crippen LogP contribution < -0.4 is 20.5 Å². The van der Waals surface area contributed by atoms with Crippen LogP contribution in [0.25, 0.3) is 11.5 Å². The molecule has 1 aromatic rings. The monoisotopic (exact) mass is 476 g/mol. The molecule has 0 saturated carbocycles. The highest BCUT2D eigenvalue weighted by Crippen LogP contribution is 2.43. The maximum atomic E-state index is 6.08. The van der Waals surface area contributed by atoms with Crippen LogP contribution >= 0.6 is 27.7 Å². The lowest BCUT2D eigenvalue weighted by Gasteiger charge is -2.23. The molecular formula is C19H21BrN6O2S. The Balaban J connectivity index is 1.39. The van der Waals surface area contributed by atoms with Crippen LogP contribution in [0.3, 0.4) is 0 Å². The minimum absolute atomic E-state index is 0.242. The lowest BCUT2D eigenvalue weighted by Crippen LogP contribution is -2.28. The molecule has 10 heteroatoms. The van der Waals surface area contributed by atoms with Gasteiger partial charge in [-0.25, -0.2) is 15.0 Å². The number of nitrogens with two attached hydrogens (primary N) is 1. The van der Waals surface area contributed by atoms with E-state index < -0.39 is 0 Å². The van der Waals surface area contributed by atoms with Gasteiger partial charge in [-0.15, -0.1) is 0 Å². The average Bonchev–Trinajstić information content (AvgIpc) is 3.36. The Hall–Kier alpha value is -2.04. The van der Waals surface area contributed by atoms with Crippen molar-refractivity contribution in [3.05, 3.63) is 22.9 Å². The zero-order valence-electron chi connectivity index (χ0n) is 15.7. The molecule has 0 aliphatic carbocycles. The molecule has 0 bridgehead atoms. The first-order valence-electron chi connectivity index (χ1n) is 9.63. The zero-order valence-corrected chi connectivity index (χ0v) is 18.1. The van der Waals surface area contributed by atoms with Crippen LogP contribution in [-0.4, -0.2) is 39.4 Å². The fourth-order valence-electron chi connectivity index (χ4n) is 3.71. The van der Waals surface area contributed by atoms with Crippen molar-refractivity contribution in [3.8, 4) is 23.0 Å². The summed E-state index contributed by atoms with van der Waals surface area (Å²) in [4.78, 5) is 14.7. The molecular weight excluding hydrogens is 456 g/mol. The summed E-state index contributed by atoms with van der Waals surface area (Å²) in [5, 5.41) is 4.05. The van der Waals surface area contributed by atoms with Crippen LogP contribution in [0.15, 0.2) is 33.0 Å². The molecule has 29 heavy (non-hydrogen) atoms. The molecule has 4 aliphatic rings.